The lowest BCUT2D eigenvalue weighted by Gasteiger charge is -2.23. The van der Waals surface area contributed by atoms with Crippen LogP contribution in [0.15, 0.2) is 41.3 Å². The van der Waals surface area contributed by atoms with Crippen LogP contribution in [0.2, 0.25) is 0 Å². The highest BCUT2D eigenvalue weighted by atomic mass is 32.2. The first-order valence-corrected chi connectivity index (χ1v) is 9.15. The Morgan fingerprint density at radius 2 is 2.04 bits per heavy atom. The summed E-state index contributed by atoms with van der Waals surface area (Å²) in [6.45, 7) is 2.54. The first-order chi connectivity index (χ1) is 12.5. The number of ether oxygens (including phenoxy) is 2. The minimum atomic E-state index is -0.127. The van der Waals surface area contributed by atoms with Crippen LogP contribution in [0.3, 0.4) is 0 Å². The van der Waals surface area contributed by atoms with E-state index < -0.39 is 0 Å². The number of benzene rings is 2. The van der Waals surface area contributed by atoms with Crippen molar-refractivity contribution in [2.24, 2.45) is 0 Å². The molecule has 7 heteroatoms. The van der Waals surface area contributed by atoms with Crippen LogP contribution in [0.25, 0.3) is 0 Å². The number of hydrogen-bond acceptors (Lipinski definition) is 5. The second kappa shape index (κ2) is 6.57. The van der Waals surface area contributed by atoms with Gasteiger partial charge in [0.25, 0.3) is 5.91 Å². The predicted octanol–water partition coefficient (Wildman–Crippen LogP) is 3.12. The van der Waals surface area contributed by atoms with E-state index in [9.17, 15) is 9.59 Å². The predicted molar refractivity (Wildman–Crippen MR) is 98.8 cm³/mol. The van der Waals surface area contributed by atoms with E-state index in [-0.39, 0.29) is 23.9 Å². The van der Waals surface area contributed by atoms with E-state index >= 15 is 0 Å². The molecule has 2 amide bonds. The Kier molecular flexibility index (Phi) is 4.24. The van der Waals surface area contributed by atoms with Gasteiger partial charge in [-0.25, -0.2) is 0 Å². The van der Waals surface area contributed by atoms with Crippen molar-refractivity contribution in [2.45, 2.75) is 23.6 Å². The van der Waals surface area contributed by atoms with Crippen molar-refractivity contribution in [3.8, 4) is 11.5 Å². The summed E-state index contributed by atoms with van der Waals surface area (Å²) < 4.78 is 10.7. The summed E-state index contributed by atoms with van der Waals surface area (Å²) in [5, 5.41) is 2.73. The number of nitrogens with one attached hydrogen (secondary N) is 1. The highest BCUT2D eigenvalue weighted by Gasteiger charge is 2.24. The topological polar surface area (TPSA) is 67.9 Å². The summed E-state index contributed by atoms with van der Waals surface area (Å²) in [6.07, 6.45) is 0. The monoisotopic (exact) mass is 370 g/mol. The number of hydrogen-bond donors (Lipinski definition) is 1. The van der Waals surface area contributed by atoms with Gasteiger partial charge in [0.2, 0.25) is 12.7 Å². The number of amides is 2. The molecule has 0 radical (unpaired) electrons. The zero-order chi connectivity index (χ0) is 18.3. The van der Waals surface area contributed by atoms with Crippen molar-refractivity contribution in [3.63, 3.8) is 0 Å². The molecule has 0 aliphatic carbocycles. The van der Waals surface area contributed by atoms with Crippen molar-refractivity contribution >= 4 is 29.3 Å². The third-order valence-electron chi connectivity index (χ3n) is 4.36. The van der Waals surface area contributed by atoms with Crippen LogP contribution in [0, 0.1) is 0 Å². The maximum absolute atomic E-state index is 12.8. The third kappa shape index (κ3) is 3.10. The van der Waals surface area contributed by atoms with Gasteiger partial charge in [0, 0.05) is 24.1 Å². The maximum atomic E-state index is 12.8. The van der Waals surface area contributed by atoms with Crippen LogP contribution in [0.5, 0.6) is 11.5 Å². The molecule has 0 fully saturated rings. The molecule has 134 valence electrons. The molecular formula is C19H18N2O4S. The molecule has 0 saturated carbocycles. The Morgan fingerprint density at radius 3 is 2.88 bits per heavy atom. The Balaban J connectivity index is 1.50. The van der Waals surface area contributed by atoms with Gasteiger partial charge >= 0.3 is 0 Å². The highest BCUT2D eigenvalue weighted by Crippen LogP contribution is 2.36. The van der Waals surface area contributed by atoms with Gasteiger partial charge in [-0.05, 0) is 42.8 Å². The van der Waals surface area contributed by atoms with Gasteiger partial charge < -0.3 is 19.7 Å². The summed E-state index contributed by atoms with van der Waals surface area (Å²) in [5.74, 6) is 1.27. The summed E-state index contributed by atoms with van der Waals surface area (Å²) >= 11 is 1.50. The summed E-state index contributed by atoms with van der Waals surface area (Å²) in [6, 6.07) is 11.1. The molecule has 2 aromatic carbocycles. The van der Waals surface area contributed by atoms with Gasteiger partial charge in [0.1, 0.15) is 0 Å². The van der Waals surface area contributed by atoms with E-state index in [0.29, 0.717) is 23.5 Å². The van der Waals surface area contributed by atoms with Crippen molar-refractivity contribution < 1.29 is 19.1 Å². The van der Waals surface area contributed by atoms with Gasteiger partial charge in [-0.3, -0.25) is 9.59 Å². The average molecular weight is 370 g/mol. The fourth-order valence-corrected chi connectivity index (χ4v) is 3.88. The highest BCUT2D eigenvalue weighted by molar-refractivity contribution is 8.00. The lowest BCUT2D eigenvalue weighted by Crippen LogP contribution is -2.28. The van der Waals surface area contributed by atoms with Crippen LogP contribution < -0.4 is 14.8 Å². The smallest absolute Gasteiger partial charge is 0.253 e. The first-order valence-electron chi connectivity index (χ1n) is 8.27. The average Bonchev–Trinajstić information content (AvgIpc) is 3.09. The Bertz CT molecular complexity index is 899. The molecule has 0 bridgehead atoms. The molecule has 2 aliphatic heterocycles. The van der Waals surface area contributed by atoms with E-state index in [1.165, 1.54) is 11.8 Å². The van der Waals surface area contributed by atoms with Gasteiger partial charge in [-0.1, -0.05) is 6.07 Å². The van der Waals surface area contributed by atoms with Crippen molar-refractivity contribution in [2.75, 3.05) is 19.2 Å². The standard InChI is InChI=1S/C19H18N2O4S/c1-11-18(22)20-14-8-13(4-6-17(14)26-11)19(23)21(2)9-12-3-5-15-16(7-12)25-10-24-15/h3-8,11H,9-10H2,1-2H3,(H,20,22). The zero-order valence-electron chi connectivity index (χ0n) is 14.4. The molecule has 0 saturated heterocycles. The number of nitrogens with zero attached hydrogens (tertiary/aromatic N) is 1. The molecule has 2 heterocycles. The number of carbonyl (C=O) groups excluding carboxylic acids is 2. The number of rotatable bonds is 3. The molecule has 2 aromatic rings. The molecule has 1 atom stereocenters. The van der Waals surface area contributed by atoms with Gasteiger partial charge in [0.05, 0.1) is 10.9 Å². The van der Waals surface area contributed by atoms with E-state index in [1.54, 1.807) is 24.1 Å². The molecule has 26 heavy (non-hydrogen) atoms. The molecule has 4 rings (SSSR count). The molecule has 1 N–H and O–H groups in total. The third-order valence-corrected chi connectivity index (χ3v) is 5.54. The van der Waals surface area contributed by atoms with Gasteiger partial charge in [-0.15, -0.1) is 11.8 Å². The summed E-state index contributed by atoms with van der Waals surface area (Å²) in [5.41, 5.74) is 2.20. The summed E-state index contributed by atoms with van der Waals surface area (Å²) in [4.78, 5) is 27.2. The fourth-order valence-electron chi connectivity index (χ4n) is 2.95. The Hall–Kier alpha value is -2.67. The number of fused-ring (bicyclic) bond motifs is 2. The fraction of sp³-hybridized carbons (Fsp3) is 0.263. The normalized spacial score (nSPS) is 17.5. The number of carbonyl (C=O) groups is 2. The van der Waals surface area contributed by atoms with E-state index in [1.807, 2.05) is 31.2 Å². The molecule has 2 aliphatic rings. The number of anilines is 1. The molecular weight excluding hydrogens is 352 g/mol. The van der Waals surface area contributed by atoms with Crippen LogP contribution in [-0.2, 0) is 11.3 Å². The Morgan fingerprint density at radius 1 is 1.23 bits per heavy atom. The maximum Gasteiger partial charge on any atom is 0.253 e. The molecule has 0 spiro atoms. The molecule has 6 nitrogen and oxygen atoms in total. The molecule has 0 aromatic heterocycles. The Labute approximate surface area is 155 Å². The second-order valence-electron chi connectivity index (χ2n) is 6.31. The minimum absolute atomic E-state index is 0.0409. The zero-order valence-corrected chi connectivity index (χ0v) is 15.3. The lowest BCUT2D eigenvalue weighted by molar-refractivity contribution is -0.115. The van der Waals surface area contributed by atoms with Crippen molar-refractivity contribution in [1.82, 2.24) is 4.90 Å². The minimum Gasteiger partial charge on any atom is -0.454 e. The van der Waals surface area contributed by atoms with Gasteiger partial charge in [-0.2, -0.15) is 0 Å². The second-order valence-corrected chi connectivity index (χ2v) is 7.69. The number of thioether (sulfide) groups is 1. The van der Waals surface area contributed by atoms with Crippen molar-refractivity contribution in [3.05, 3.63) is 47.5 Å². The van der Waals surface area contributed by atoms with E-state index in [4.69, 9.17) is 9.47 Å². The summed E-state index contributed by atoms with van der Waals surface area (Å²) in [7, 11) is 1.75. The first kappa shape index (κ1) is 16.8. The SMILES string of the molecule is CC1Sc2ccc(C(=O)N(C)Cc3ccc4c(c3)OCO4)cc2NC1=O. The van der Waals surface area contributed by atoms with Crippen LogP contribution >= 0.6 is 11.8 Å². The van der Waals surface area contributed by atoms with Crippen LogP contribution in [-0.4, -0.2) is 35.8 Å². The van der Waals surface area contributed by atoms with E-state index in [2.05, 4.69) is 5.32 Å². The quantitative estimate of drug-likeness (QED) is 0.899. The van der Waals surface area contributed by atoms with Crippen LogP contribution in [0.1, 0.15) is 22.8 Å². The van der Waals surface area contributed by atoms with Gasteiger partial charge in [0.15, 0.2) is 11.5 Å². The molecule has 1 unspecified atom stereocenters. The van der Waals surface area contributed by atoms with E-state index in [0.717, 1.165) is 16.2 Å². The largest absolute Gasteiger partial charge is 0.454 e. The lowest BCUT2D eigenvalue weighted by atomic mass is 10.1. The van der Waals surface area contributed by atoms with Crippen LogP contribution in [0.4, 0.5) is 5.69 Å². The van der Waals surface area contributed by atoms with Crippen molar-refractivity contribution in [1.29, 1.82) is 0 Å².